The van der Waals surface area contributed by atoms with Gasteiger partial charge in [0.15, 0.2) is 9.33 Å². The van der Waals surface area contributed by atoms with Crippen molar-refractivity contribution in [3.8, 4) is 5.75 Å². The molecule has 0 saturated carbocycles. The summed E-state index contributed by atoms with van der Waals surface area (Å²) in [4.78, 5) is 27.2. The summed E-state index contributed by atoms with van der Waals surface area (Å²) in [5.74, 6) is 0.0742. The summed E-state index contributed by atoms with van der Waals surface area (Å²) >= 11 is 4.00. The van der Waals surface area contributed by atoms with Gasteiger partial charge in [-0.05, 0) is 58.3 Å². The number of aromatic hydroxyl groups is 1. The molecular formula is C20H21I2N5O4. The number of carbonyl (C=O) groups excluding carboxylic acids is 1. The summed E-state index contributed by atoms with van der Waals surface area (Å²) in [5, 5.41) is 24.7. The largest absolute Gasteiger partial charge is 0.508 e. The van der Waals surface area contributed by atoms with Gasteiger partial charge in [0.1, 0.15) is 11.4 Å². The molecule has 31 heavy (non-hydrogen) atoms. The number of Topliss-reactive ketones (excluding diaryl/α,β-unsaturated/α-hetero) is 1. The zero-order valence-electron chi connectivity index (χ0n) is 16.7. The Hall–Kier alpha value is -2.12. The summed E-state index contributed by atoms with van der Waals surface area (Å²) < 4.78 is 0.484. The highest BCUT2D eigenvalue weighted by Gasteiger charge is 2.42. The maximum atomic E-state index is 13.3. The van der Waals surface area contributed by atoms with Crippen molar-refractivity contribution in [1.82, 2.24) is 0 Å². The van der Waals surface area contributed by atoms with Crippen molar-refractivity contribution in [2.75, 3.05) is 3.11 Å². The van der Waals surface area contributed by atoms with E-state index in [0.717, 1.165) is 24.8 Å². The van der Waals surface area contributed by atoms with Crippen LogP contribution >= 0.6 is 45.5 Å². The molecule has 0 bridgehead atoms. The fraction of sp³-hybridized carbons (Fsp3) is 0.350. The second-order valence-electron chi connectivity index (χ2n) is 6.88. The number of phenols is 1. The van der Waals surface area contributed by atoms with E-state index in [1.807, 2.05) is 22.9 Å². The van der Waals surface area contributed by atoms with E-state index in [0.29, 0.717) is 6.42 Å². The normalized spacial score (nSPS) is 12.5. The summed E-state index contributed by atoms with van der Waals surface area (Å²) in [7, 11) is 0. The lowest BCUT2D eigenvalue weighted by atomic mass is 9.98. The topological polar surface area (TPSA) is 132 Å². The Bertz CT molecular complexity index is 996. The van der Waals surface area contributed by atoms with E-state index in [9.17, 15) is 20.0 Å². The maximum absolute atomic E-state index is 13.3. The molecule has 0 amide bonds. The Balaban J connectivity index is 2.51. The van der Waals surface area contributed by atoms with Gasteiger partial charge in [-0.25, -0.2) is 0 Å². The van der Waals surface area contributed by atoms with Crippen LogP contribution in [0.15, 0.2) is 47.6 Å². The number of alkyl halides is 1. The minimum Gasteiger partial charge on any atom is -0.508 e. The number of carbonyl (C=O) groups is 1. The maximum Gasteiger partial charge on any atom is 0.293 e. The second-order valence-corrected chi connectivity index (χ2v) is 9.63. The van der Waals surface area contributed by atoms with Gasteiger partial charge >= 0.3 is 0 Å². The van der Waals surface area contributed by atoms with Crippen molar-refractivity contribution in [3.63, 3.8) is 0 Å². The van der Waals surface area contributed by atoms with E-state index in [-0.39, 0.29) is 35.0 Å². The van der Waals surface area contributed by atoms with Crippen LogP contribution in [-0.4, -0.2) is 19.4 Å². The number of nitrogens with zero attached hydrogens (tertiary/aromatic N) is 5. The summed E-state index contributed by atoms with van der Waals surface area (Å²) in [6, 6.07) is 10.7. The predicted octanol–water partition coefficient (Wildman–Crippen LogP) is 6.92. The quantitative estimate of drug-likeness (QED) is 0.0270. The number of halogens is 2. The number of hydrogen-bond donors (Lipinski definition) is 1. The Kier molecular flexibility index (Phi) is 9.32. The van der Waals surface area contributed by atoms with Gasteiger partial charge in [-0.15, -0.1) is 0 Å². The fourth-order valence-electron chi connectivity index (χ4n) is 3.02. The van der Waals surface area contributed by atoms with E-state index in [1.54, 1.807) is 27.4 Å². The van der Waals surface area contributed by atoms with E-state index >= 15 is 0 Å². The molecule has 9 nitrogen and oxygen atoms in total. The number of nitro groups is 1. The van der Waals surface area contributed by atoms with Crippen molar-refractivity contribution in [2.45, 2.75) is 42.6 Å². The van der Waals surface area contributed by atoms with Crippen molar-refractivity contribution < 1.29 is 14.8 Å². The molecule has 0 aliphatic rings. The number of phenolic OH excluding ortho intramolecular Hbond substituents is 1. The Morgan fingerprint density at radius 1 is 1.29 bits per heavy atom. The number of benzene rings is 2. The minimum absolute atomic E-state index is 0.0440. The summed E-state index contributed by atoms with van der Waals surface area (Å²) in [5.41, 5.74) is 9.54. The third-order valence-electron chi connectivity index (χ3n) is 4.65. The van der Waals surface area contributed by atoms with Gasteiger partial charge in [-0.1, -0.05) is 43.1 Å². The van der Waals surface area contributed by atoms with Gasteiger partial charge in [0.2, 0.25) is 0 Å². The van der Waals surface area contributed by atoms with Gasteiger partial charge in [0.05, 0.1) is 27.8 Å². The molecule has 11 heteroatoms. The number of anilines is 1. The van der Waals surface area contributed by atoms with E-state index in [1.165, 1.54) is 18.2 Å². The van der Waals surface area contributed by atoms with Crippen molar-refractivity contribution >= 4 is 68.3 Å². The first-order valence-corrected chi connectivity index (χ1v) is 11.6. The second kappa shape index (κ2) is 11.5. The highest BCUT2D eigenvalue weighted by atomic mass is 127. The molecule has 0 saturated heterocycles. The third kappa shape index (κ3) is 6.43. The number of azide groups is 1. The van der Waals surface area contributed by atoms with Gasteiger partial charge in [0.25, 0.3) is 5.69 Å². The molecule has 1 unspecified atom stereocenters. The Morgan fingerprint density at radius 3 is 2.55 bits per heavy atom. The Labute approximate surface area is 207 Å². The van der Waals surface area contributed by atoms with Gasteiger partial charge in [-0.2, -0.15) is 0 Å². The zero-order chi connectivity index (χ0) is 23.0. The average Bonchev–Trinajstić information content (AvgIpc) is 2.75. The number of ketones is 1. The third-order valence-corrected chi connectivity index (χ3v) is 8.38. The smallest absolute Gasteiger partial charge is 0.293 e. The van der Waals surface area contributed by atoms with Crippen molar-refractivity contribution in [1.29, 1.82) is 0 Å². The molecule has 0 fully saturated rings. The molecule has 0 radical (unpaired) electrons. The zero-order valence-corrected chi connectivity index (χ0v) is 21.1. The van der Waals surface area contributed by atoms with Crippen molar-refractivity contribution in [3.05, 3.63) is 68.6 Å². The monoisotopic (exact) mass is 649 g/mol. The van der Waals surface area contributed by atoms with Crippen LogP contribution in [0.25, 0.3) is 10.4 Å². The number of hydrogen-bond acceptors (Lipinski definition) is 6. The minimum atomic E-state index is -1.10. The standard InChI is InChI=1S/C20H21I2N5O4/c1-2-3-4-5-19(29)20(21,13-14-6-9-16(28)10-7-14)26(22)17-11-8-15(24-25-23)12-18(17)27(30)31/h6-12,28H,2-5,13H2,1H3. The lowest BCUT2D eigenvalue weighted by Gasteiger charge is -2.35. The van der Waals surface area contributed by atoms with E-state index in [4.69, 9.17) is 5.53 Å². The van der Waals surface area contributed by atoms with Crippen LogP contribution < -0.4 is 3.11 Å². The molecule has 2 rings (SSSR count). The van der Waals surface area contributed by atoms with Gasteiger partial charge < -0.3 is 5.11 Å². The van der Waals surface area contributed by atoms with E-state index in [2.05, 4.69) is 39.5 Å². The van der Waals surface area contributed by atoms with Crippen LogP contribution in [0.2, 0.25) is 0 Å². The van der Waals surface area contributed by atoms with Crippen molar-refractivity contribution in [2.24, 2.45) is 5.11 Å². The van der Waals surface area contributed by atoms with Crippen LogP contribution in [0.5, 0.6) is 5.75 Å². The van der Waals surface area contributed by atoms with E-state index < -0.39 is 8.47 Å². The first-order valence-electron chi connectivity index (χ1n) is 9.52. The molecule has 2 aromatic carbocycles. The molecule has 164 valence electrons. The lowest BCUT2D eigenvalue weighted by molar-refractivity contribution is -0.384. The molecule has 0 aliphatic heterocycles. The average molecular weight is 649 g/mol. The summed E-state index contributed by atoms with van der Waals surface area (Å²) in [6.45, 7) is 2.05. The molecule has 1 N–H and O–H groups in total. The highest BCUT2D eigenvalue weighted by Crippen LogP contribution is 2.43. The summed E-state index contributed by atoms with van der Waals surface area (Å²) in [6.07, 6.45) is 3.26. The van der Waals surface area contributed by atoms with Crippen LogP contribution in [0.3, 0.4) is 0 Å². The number of unbranched alkanes of at least 4 members (excludes halogenated alkanes) is 2. The molecule has 0 heterocycles. The lowest BCUT2D eigenvalue weighted by Crippen LogP contribution is -2.46. The first kappa shape index (κ1) is 25.1. The molecule has 1 atom stereocenters. The van der Waals surface area contributed by atoms with Gasteiger partial charge in [0, 0.05) is 29.5 Å². The molecule has 0 spiro atoms. The fourth-order valence-corrected chi connectivity index (χ4v) is 4.84. The molecule has 2 aromatic rings. The number of nitro benzene ring substituents is 1. The Morgan fingerprint density at radius 2 is 1.97 bits per heavy atom. The van der Waals surface area contributed by atoms with Gasteiger partial charge in [-0.3, -0.25) is 18.0 Å². The predicted molar refractivity (Wildman–Crippen MR) is 136 cm³/mol. The van der Waals surface area contributed by atoms with Crippen LogP contribution in [0, 0.1) is 10.1 Å². The van der Waals surface area contributed by atoms with Crippen LogP contribution in [0.4, 0.5) is 17.1 Å². The number of rotatable bonds is 11. The molecular weight excluding hydrogens is 628 g/mol. The van der Waals surface area contributed by atoms with Crippen LogP contribution in [-0.2, 0) is 11.2 Å². The molecule has 0 aliphatic carbocycles. The molecule has 0 aromatic heterocycles. The first-order chi connectivity index (χ1) is 14.7. The SMILES string of the molecule is CCCCCC(=O)C(I)(Cc1ccc(O)cc1)N(I)c1ccc(N=[N+]=[N-])cc1[N+](=O)[O-]. The highest BCUT2D eigenvalue weighted by molar-refractivity contribution is 14.1. The van der Waals surface area contributed by atoms with Crippen LogP contribution in [0.1, 0.15) is 38.2 Å².